The fourth-order valence-corrected chi connectivity index (χ4v) is 2.73. The second-order valence-electron chi connectivity index (χ2n) is 4.84. The summed E-state index contributed by atoms with van der Waals surface area (Å²) in [5.41, 5.74) is 0.194. The van der Waals surface area contributed by atoms with Crippen LogP contribution in [0, 0.1) is 17.2 Å². The van der Waals surface area contributed by atoms with Gasteiger partial charge >= 0.3 is 0 Å². The molecule has 20 heavy (non-hydrogen) atoms. The van der Waals surface area contributed by atoms with E-state index in [0.717, 1.165) is 0 Å². The molecule has 0 N–H and O–H groups in total. The van der Waals surface area contributed by atoms with E-state index in [1.165, 1.54) is 42.5 Å². The van der Waals surface area contributed by atoms with Gasteiger partial charge in [0.25, 0.3) is 0 Å². The van der Waals surface area contributed by atoms with Crippen LogP contribution >= 0.6 is 0 Å². The number of hydrogen-bond acceptors (Lipinski definition) is 5. The molecule has 0 atom stereocenters. The van der Waals surface area contributed by atoms with Gasteiger partial charge in [-0.3, -0.25) is 0 Å². The van der Waals surface area contributed by atoms with Crippen LogP contribution in [-0.4, -0.2) is 44.5 Å². The van der Waals surface area contributed by atoms with Crippen molar-refractivity contribution in [2.45, 2.75) is 17.7 Å². The first kappa shape index (κ1) is 14.9. The summed E-state index contributed by atoms with van der Waals surface area (Å²) >= 11 is 0. The maximum atomic E-state index is 12.2. The van der Waals surface area contributed by atoms with Crippen molar-refractivity contribution in [3.63, 3.8) is 0 Å². The molecule has 1 aromatic heterocycles. The van der Waals surface area contributed by atoms with Crippen LogP contribution in [0.3, 0.4) is 0 Å². The molecular formula is C13H17N3O3S. The van der Waals surface area contributed by atoms with Crippen LogP contribution in [0.2, 0.25) is 0 Å². The molecule has 0 unspecified atom stereocenters. The van der Waals surface area contributed by atoms with E-state index >= 15 is 0 Å². The van der Waals surface area contributed by atoms with Crippen molar-refractivity contribution < 1.29 is 13.2 Å². The van der Waals surface area contributed by atoms with Gasteiger partial charge in [0, 0.05) is 26.4 Å². The predicted octanol–water partition coefficient (Wildman–Crippen LogP) is 1.00. The number of likely N-dealkylation sites (N-methyl/N-ethyl adjacent to an activating group) is 1. The molecule has 1 saturated carbocycles. The van der Waals surface area contributed by atoms with Crippen LogP contribution in [0.4, 0.5) is 0 Å². The first-order valence-electron chi connectivity index (χ1n) is 6.44. The van der Waals surface area contributed by atoms with Gasteiger partial charge in [-0.15, -0.1) is 0 Å². The van der Waals surface area contributed by atoms with E-state index < -0.39 is 10.0 Å². The van der Waals surface area contributed by atoms with Crippen molar-refractivity contribution in [2.75, 3.05) is 26.8 Å². The highest BCUT2D eigenvalue weighted by Crippen LogP contribution is 2.28. The lowest BCUT2D eigenvalue weighted by Crippen LogP contribution is -2.30. The smallest absolute Gasteiger partial charge is 0.244 e. The lowest BCUT2D eigenvalue weighted by molar-refractivity contribution is 0.117. The van der Waals surface area contributed by atoms with E-state index in [4.69, 9.17) is 10.00 Å². The zero-order valence-corrected chi connectivity index (χ0v) is 12.1. The number of ether oxygens (including phenoxy) is 1. The Labute approximate surface area is 119 Å². The Balaban J connectivity index is 1.91. The highest BCUT2D eigenvalue weighted by atomic mass is 32.2. The summed E-state index contributed by atoms with van der Waals surface area (Å²) < 4.78 is 31.1. The molecule has 1 fully saturated rings. The number of hydrogen-bond donors (Lipinski definition) is 0. The normalized spacial score (nSPS) is 15.2. The summed E-state index contributed by atoms with van der Waals surface area (Å²) in [5.74, 6) is 0.666. The second-order valence-corrected chi connectivity index (χ2v) is 6.88. The number of nitriles is 1. The van der Waals surface area contributed by atoms with E-state index in [1.54, 1.807) is 0 Å². The molecular weight excluding hydrogens is 278 g/mol. The highest BCUT2D eigenvalue weighted by Gasteiger charge is 2.23. The third kappa shape index (κ3) is 3.76. The summed E-state index contributed by atoms with van der Waals surface area (Å²) in [6.45, 7) is 1.40. The Kier molecular flexibility index (Phi) is 4.70. The molecule has 108 valence electrons. The lowest BCUT2D eigenvalue weighted by Gasteiger charge is -2.16. The maximum Gasteiger partial charge on any atom is 0.244 e. The Morgan fingerprint density at radius 3 is 2.80 bits per heavy atom. The molecule has 1 heterocycles. The molecule has 0 aromatic carbocycles. The van der Waals surface area contributed by atoms with E-state index in [2.05, 4.69) is 4.98 Å². The molecule has 0 aliphatic heterocycles. The van der Waals surface area contributed by atoms with Crippen molar-refractivity contribution >= 4 is 10.0 Å². The van der Waals surface area contributed by atoms with E-state index in [1.807, 2.05) is 6.07 Å². The molecule has 2 rings (SSSR count). The minimum absolute atomic E-state index is 0.0844. The monoisotopic (exact) mass is 295 g/mol. The van der Waals surface area contributed by atoms with Crippen LogP contribution in [-0.2, 0) is 14.8 Å². The van der Waals surface area contributed by atoms with Crippen LogP contribution < -0.4 is 0 Å². The molecule has 7 heteroatoms. The van der Waals surface area contributed by atoms with Gasteiger partial charge in [0.2, 0.25) is 10.0 Å². The van der Waals surface area contributed by atoms with Crippen LogP contribution in [0.5, 0.6) is 0 Å². The Morgan fingerprint density at radius 2 is 2.25 bits per heavy atom. The molecule has 0 saturated heterocycles. The summed E-state index contributed by atoms with van der Waals surface area (Å²) in [5, 5.41) is 8.64. The number of rotatable bonds is 7. The van der Waals surface area contributed by atoms with E-state index in [0.29, 0.717) is 25.7 Å². The van der Waals surface area contributed by atoms with Crippen LogP contribution in [0.25, 0.3) is 0 Å². The third-order valence-electron chi connectivity index (χ3n) is 3.16. The molecule has 0 bridgehead atoms. The number of aromatic nitrogens is 1. The topological polar surface area (TPSA) is 83.3 Å². The maximum absolute atomic E-state index is 12.2. The molecule has 1 aliphatic rings. The fraction of sp³-hybridized carbons (Fsp3) is 0.538. The van der Waals surface area contributed by atoms with Gasteiger partial charge in [-0.05, 0) is 30.9 Å². The molecule has 1 aliphatic carbocycles. The van der Waals surface area contributed by atoms with E-state index in [9.17, 15) is 8.42 Å². The van der Waals surface area contributed by atoms with Crippen LogP contribution in [0.15, 0.2) is 23.2 Å². The lowest BCUT2D eigenvalue weighted by atomic mass is 10.4. The zero-order valence-electron chi connectivity index (χ0n) is 11.3. The average Bonchev–Trinajstić information content (AvgIpc) is 3.27. The number of sulfonamides is 1. The average molecular weight is 295 g/mol. The van der Waals surface area contributed by atoms with Crippen molar-refractivity contribution in [2.24, 2.45) is 5.92 Å². The van der Waals surface area contributed by atoms with Gasteiger partial charge in [0.05, 0.1) is 6.61 Å². The van der Waals surface area contributed by atoms with Gasteiger partial charge in [-0.1, -0.05) is 0 Å². The van der Waals surface area contributed by atoms with Crippen molar-refractivity contribution in [3.05, 3.63) is 24.0 Å². The Hall–Kier alpha value is -1.49. The van der Waals surface area contributed by atoms with E-state index in [-0.39, 0.29) is 10.6 Å². The highest BCUT2D eigenvalue weighted by molar-refractivity contribution is 7.89. The Morgan fingerprint density at radius 1 is 1.50 bits per heavy atom. The zero-order chi connectivity index (χ0) is 14.6. The minimum atomic E-state index is -3.57. The SMILES string of the molecule is CN(CCOCC1CC1)S(=O)(=O)c1ccc(C#N)nc1. The summed E-state index contributed by atoms with van der Waals surface area (Å²) in [4.78, 5) is 3.86. The quantitative estimate of drug-likeness (QED) is 0.701. The molecule has 1 aromatic rings. The van der Waals surface area contributed by atoms with Crippen LogP contribution in [0.1, 0.15) is 18.5 Å². The summed E-state index contributed by atoms with van der Waals surface area (Å²) in [6, 6.07) is 4.64. The third-order valence-corrected chi connectivity index (χ3v) is 5.00. The summed E-state index contributed by atoms with van der Waals surface area (Å²) in [6.07, 6.45) is 3.63. The standard InChI is InChI=1S/C13H17N3O3S/c1-16(6-7-19-10-11-2-3-11)20(17,18)13-5-4-12(8-14)15-9-13/h4-5,9,11H,2-3,6-7,10H2,1H3. The van der Waals surface area contributed by atoms with Crippen molar-refractivity contribution in [3.8, 4) is 6.07 Å². The van der Waals surface area contributed by atoms with Gasteiger partial charge < -0.3 is 4.74 Å². The largest absolute Gasteiger partial charge is 0.380 e. The second kappa shape index (κ2) is 6.31. The van der Waals surface area contributed by atoms with Gasteiger partial charge in [-0.2, -0.15) is 9.57 Å². The molecule has 0 radical (unpaired) electrons. The van der Waals surface area contributed by atoms with Gasteiger partial charge in [0.1, 0.15) is 16.7 Å². The number of nitrogens with zero attached hydrogens (tertiary/aromatic N) is 3. The molecule has 6 nitrogen and oxygen atoms in total. The first-order chi connectivity index (χ1) is 9.54. The van der Waals surface area contributed by atoms with Gasteiger partial charge in [0.15, 0.2) is 0 Å². The predicted molar refractivity (Wildman–Crippen MR) is 72.3 cm³/mol. The number of pyridine rings is 1. The Bertz CT molecular complexity index is 588. The molecule has 0 spiro atoms. The fourth-order valence-electron chi connectivity index (χ4n) is 1.63. The first-order valence-corrected chi connectivity index (χ1v) is 7.88. The van der Waals surface area contributed by atoms with Gasteiger partial charge in [-0.25, -0.2) is 13.4 Å². The summed E-state index contributed by atoms with van der Waals surface area (Å²) in [7, 11) is -2.06. The van der Waals surface area contributed by atoms with Crippen molar-refractivity contribution in [1.82, 2.24) is 9.29 Å². The minimum Gasteiger partial charge on any atom is -0.380 e. The molecule has 0 amide bonds. The van der Waals surface area contributed by atoms with Crippen molar-refractivity contribution in [1.29, 1.82) is 5.26 Å².